The third kappa shape index (κ3) is 2.40. The van der Waals surface area contributed by atoms with Gasteiger partial charge in [-0.15, -0.1) is 0 Å². The Labute approximate surface area is 126 Å². The molecule has 2 aromatic rings. The van der Waals surface area contributed by atoms with Crippen molar-refractivity contribution in [1.82, 2.24) is 9.99 Å². The van der Waals surface area contributed by atoms with Crippen LogP contribution in [-0.4, -0.2) is 16.2 Å². The van der Waals surface area contributed by atoms with E-state index in [4.69, 9.17) is 0 Å². The molecule has 5 nitrogen and oxygen atoms in total. The van der Waals surface area contributed by atoms with Gasteiger partial charge in [-0.1, -0.05) is 24.3 Å². The number of nitrogens with zero attached hydrogens (tertiary/aromatic N) is 2. The molecule has 0 saturated heterocycles. The fourth-order valence-corrected chi connectivity index (χ4v) is 3.68. The first-order valence-corrected chi connectivity index (χ1v) is 7.81. The molecule has 0 fully saturated rings. The summed E-state index contributed by atoms with van der Waals surface area (Å²) in [6, 6.07) is 6.05. The Hall–Kier alpha value is -1.95. The van der Waals surface area contributed by atoms with Crippen molar-refractivity contribution in [3.05, 3.63) is 33.4 Å². The van der Waals surface area contributed by atoms with Crippen molar-refractivity contribution < 1.29 is 4.79 Å². The number of hydrogen-bond acceptors (Lipinski definition) is 4. The summed E-state index contributed by atoms with van der Waals surface area (Å²) in [5.41, 5.74) is 5.30. The molecule has 0 spiro atoms. The minimum atomic E-state index is -0.0537. The van der Waals surface area contributed by atoms with Crippen molar-refractivity contribution in [1.29, 1.82) is 0 Å². The molecule has 0 radical (unpaired) electrons. The van der Waals surface area contributed by atoms with Crippen LogP contribution in [0.25, 0.3) is 10.2 Å². The summed E-state index contributed by atoms with van der Waals surface area (Å²) in [6.07, 6.45) is 0.442. The van der Waals surface area contributed by atoms with E-state index in [-0.39, 0.29) is 22.7 Å². The number of thiazole rings is 1. The molecule has 6 heteroatoms. The number of carbonyl (C=O) groups excluding carboxylic acids is 1. The van der Waals surface area contributed by atoms with Gasteiger partial charge in [0.05, 0.1) is 15.9 Å². The normalized spacial score (nSPS) is 19.0. The molecule has 1 atom stereocenters. The predicted octanol–water partition coefficient (Wildman–Crippen LogP) is 2.50. The maximum Gasteiger partial charge on any atom is 0.308 e. The van der Waals surface area contributed by atoms with E-state index in [1.807, 2.05) is 39.0 Å². The fraction of sp³-hybridized carbons (Fsp3) is 0.400. The highest BCUT2D eigenvalue weighted by Gasteiger charge is 2.22. The number of amides is 1. The second-order valence-electron chi connectivity index (χ2n) is 5.65. The highest BCUT2D eigenvalue weighted by atomic mass is 32.1. The molecule has 1 N–H and O–H groups in total. The van der Waals surface area contributed by atoms with E-state index < -0.39 is 0 Å². The van der Waals surface area contributed by atoms with E-state index in [1.165, 1.54) is 11.3 Å². The fourth-order valence-electron chi connectivity index (χ4n) is 2.68. The quantitative estimate of drug-likeness (QED) is 0.926. The van der Waals surface area contributed by atoms with Crippen LogP contribution in [0.4, 0.5) is 0 Å². The molecule has 1 aromatic heterocycles. The van der Waals surface area contributed by atoms with Crippen LogP contribution in [0.15, 0.2) is 28.1 Å². The van der Waals surface area contributed by atoms with Crippen molar-refractivity contribution in [2.45, 2.75) is 33.2 Å². The Morgan fingerprint density at radius 1 is 1.38 bits per heavy atom. The summed E-state index contributed by atoms with van der Waals surface area (Å²) in [5.74, 6) is 0.0241. The molecule has 110 valence electrons. The van der Waals surface area contributed by atoms with E-state index in [0.29, 0.717) is 6.42 Å². The SMILES string of the molecule is CC1CC(=O)NN=C1c1ccc2sc(=O)n(C(C)C)c2c1. The highest BCUT2D eigenvalue weighted by molar-refractivity contribution is 7.16. The minimum absolute atomic E-state index is 0.0537. The molecule has 0 saturated carbocycles. The summed E-state index contributed by atoms with van der Waals surface area (Å²) in [4.78, 5) is 23.5. The number of hydrazone groups is 1. The standard InChI is InChI=1S/C15H17N3O2S/c1-8(2)18-11-7-10(4-5-12(11)21-15(18)20)14-9(3)6-13(19)16-17-14/h4-5,7-9H,6H2,1-3H3,(H,16,19). The Morgan fingerprint density at radius 3 is 2.81 bits per heavy atom. The number of benzene rings is 1. The first-order valence-electron chi connectivity index (χ1n) is 6.99. The second-order valence-corrected chi connectivity index (χ2v) is 6.64. The van der Waals surface area contributed by atoms with E-state index in [9.17, 15) is 9.59 Å². The summed E-state index contributed by atoms with van der Waals surface area (Å²) < 4.78 is 2.78. The van der Waals surface area contributed by atoms with Gasteiger partial charge in [0.2, 0.25) is 5.91 Å². The van der Waals surface area contributed by atoms with Crippen LogP contribution >= 0.6 is 11.3 Å². The van der Waals surface area contributed by atoms with Gasteiger partial charge in [-0.3, -0.25) is 14.2 Å². The number of hydrogen-bond donors (Lipinski definition) is 1. The zero-order valence-corrected chi connectivity index (χ0v) is 13.0. The second kappa shape index (κ2) is 5.11. The van der Waals surface area contributed by atoms with Gasteiger partial charge in [0.15, 0.2) is 0 Å². The van der Waals surface area contributed by atoms with Gasteiger partial charge < -0.3 is 0 Å². The first-order chi connectivity index (χ1) is 9.97. The molecule has 1 aliphatic heterocycles. The topological polar surface area (TPSA) is 63.5 Å². The number of fused-ring (bicyclic) bond motifs is 1. The van der Waals surface area contributed by atoms with Crippen LogP contribution in [0.5, 0.6) is 0 Å². The first kappa shape index (κ1) is 14.0. The van der Waals surface area contributed by atoms with Crippen LogP contribution in [0, 0.1) is 5.92 Å². The average Bonchev–Trinajstić information content (AvgIpc) is 2.73. The third-order valence-corrected chi connectivity index (χ3v) is 4.62. The van der Waals surface area contributed by atoms with Crippen LogP contribution in [0.2, 0.25) is 0 Å². The lowest BCUT2D eigenvalue weighted by atomic mass is 9.94. The summed E-state index contributed by atoms with van der Waals surface area (Å²) in [6.45, 7) is 5.99. The van der Waals surface area contributed by atoms with Crippen molar-refractivity contribution in [2.24, 2.45) is 11.0 Å². The Kier molecular flexibility index (Phi) is 3.41. The Balaban J connectivity index is 2.15. The van der Waals surface area contributed by atoms with Crippen molar-refractivity contribution in [3.63, 3.8) is 0 Å². The summed E-state index contributed by atoms with van der Waals surface area (Å²) in [5, 5.41) is 4.18. The number of rotatable bonds is 2. The number of aromatic nitrogens is 1. The molecular formula is C15H17N3O2S. The predicted molar refractivity (Wildman–Crippen MR) is 84.9 cm³/mol. The summed E-state index contributed by atoms with van der Waals surface area (Å²) in [7, 11) is 0. The Morgan fingerprint density at radius 2 is 2.14 bits per heavy atom. The smallest absolute Gasteiger partial charge is 0.296 e. The number of carbonyl (C=O) groups is 1. The van der Waals surface area contributed by atoms with Crippen LogP contribution < -0.4 is 10.3 Å². The van der Waals surface area contributed by atoms with Gasteiger partial charge in [0.25, 0.3) is 0 Å². The molecule has 1 aliphatic rings. The van der Waals surface area contributed by atoms with Gasteiger partial charge in [0.1, 0.15) is 0 Å². The largest absolute Gasteiger partial charge is 0.308 e. The highest BCUT2D eigenvalue weighted by Crippen LogP contribution is 2.24. The van der Waals surface area contributed by atoms with Gasteiger partial charge in [0, 0.05) is 23.9 Å². The molecule has 21 heavy (non-hydrogen) atoms. The van der Waals surface area contributed by atoms with E-state index in [0.717, 1.165) is 21.5 Å². The molecule has 3 rings (SSSR count). The molecule has 2 heterocycles. The van der Waals surface area contributed by atoms with E-state index in [2.05, 4.69) is 10.5 Å². The van der Waals surface area contributed by atoms with Gasteiger partial charge in [-0.2, -0.15) is 5.10 Å². The van der Waals surface area contributed by atoms with Crippen LogP contribution in [0.3, 0.4) is 0 Å². The maximum atomic E-state index is 12.1. The van der Waals surface area contributed by atoms with E-state index >= 15 is 0 Å². The molecule has 0 bridgehead atoms. The molecular weight excluding hydrogens is 286 g/mol. The number of nitrogens with one attached hydrogen (secondary N) is 1. The maximum absolute atomic E-state index is 12.1. The van der Waals surface area contributed by atoms with Crippen molar-refractivity contribution >= 4 is 33.2 Å². The third-order valence-electron chi connectivity index (χ3n) is 3.68. The monoisotopic (exact) mass is 303 g/mol. The lowest BCUT2D eigenvalue weighted by Crippen LogP contribution is -2.31. The zero-order chi connectivity index (χ0) is 15.1. The van der Waals surface area contributed by atoms with Crippen molar-refractivity contribution in [2.75, 3.05) is 0 Å². The molecule has 1 amide bonds. The van der Waals surface area contributed by atoms with Gasteiger partial charge in [-0.05, 0) is 26.0 Å². The molecule has 1 aromatic carbocycles. The van der Waals surface area contributed by atoms with Crippen LogP contribution in [0.1, 0.15) is 38.8 Å². The zero-order valence-electron chi connectivity index (χ0n) is 12.2. The molecule has 1 unspecified atom stereocenters. The lowest BCUT2D eigenvalue weighted by molar-refractivity contribution is -0.121. The minimum Gasteiger partial charge on any atom is -0.296 e. The van der Waals surface area contributed by atoms with Gasteiger partial charge >= 0.3 is 4.87 Å². The Bertz CT molecular complexity index is 801. The summed E-state index contributed by atoms with van der Waals surface area (Å²) >= 11 is 1.26. The lowest BCUT2D eigenvalue weighted by Gasteiger charge is -2.19. The van der Waals surface area contributed by atoms with E-state index in [1.54, 1.807) is 4.57 Å². The molecule has 0 aliphatic carbocycles. The van der Waals surface area contributed by atoms with Crippen molar-refractivity contribution in [3.8, 4) is 0 Å². The average molecular weight is 303 g/mol. The van der Waals surface area contributed by atoms with Crippen LogP contribution in [-0.2, 0) is 4.79 Å². The van der Waals surface area contributed by atoms with Gasteiger partial charge in [-0.25, -0.2) is 5.43 Å².